The summed E-state index contributed by atoms with van der Waals surface area (Å²) in [6.45, 7) is 3.21. The number of nitrogens with zero attached hydrogens (tertiary/aromatic N) is 2. The smallest absolute Gasteiger partial charge is 0.322 e. The number of aliphatic carboxylic acids is 1. The van der Waals surface area contributed by atoms with Crippen LogP contribution in [0.15, 0.2) is 12.3 Å². The van der Waals surface area contributed by atoms with E-state index in [0.717, 1.165) is 0 Å². The first-order valence-electron chi connectivity index (χ1n) is 5.69. The average Bonchev–Trinajstić information content (AvgIpc) is 2.33. The first-order valence-corrected chi connectivity index (χ1v) is 5.69. The predicted octanol–water partition coefficient (Wildman–Crippen LogP) is -0.123. The summed E-state index contributed by atoms with van der Waals surface area (Å²) in [5, 5.41) is 13.3. The number of nitrogens with one attached hydrogen (secondary N) is 2. The Bertz CT molecular complexity index is 450. The molecule has 3 N–H and O–H groups in total. The number of amides is 1. The molecule has 0 unspecified atom stereocenters. The van der Waals surface area contributed by atoms with Crippen LogP contribution in [0.3, 0.4) is 0 Å². The Morgan fingerprint density at radius 2 is 2.16 bits per heavy atom. The number of carbonyl (C=O) groups is 2. The van der Waals surface area contributed by atoms with Crippen molar-refractivity contribution in [1.82, 2.24) is 15.3 Å². The van der Waals surface area contributed by atoms with Crippen LogP contribution in [0, 0.1) is 0 Å². The zero-order chi connectivity index (χ0) is 14.3. The summed E-state index contributed by atoms with van der Waals surface area (Å²) in [6, 6.07) is 1.61. The summed E-state index contributed by atoms with van der Waals surface area (Å²) in [4.78, 5) is 29.5. The topological polar surface area (TPSA) is 113 Å². The van der Waals surface area contributed by atoms with Crippen molar-refractivity contribution in [2.45, 2.75) is 20.0 Å². The lowest BCUT2D eigenvalue weighted by Gasteiger charge is -2.09. The molecule has 1 aromatic heterocycles. The number of rotatable bonds is 7. The molecule has 19 heavy (non-hydrogen) atoms. The number of carboxylic acid groups (broad SMARTS) is 1. The highest BCUT2D eigenvalue weighted by Crippen LogP contribution is 2.09. The van der Waals surface area contributed by atoms with Crippen LogP contribution in [-0.2, 0) is 9.59 Å². The van der Waals surface area contributed by atoms with E-state index in [2.05, 4.69) is 20.6 Å². The van der Waals surface area contributed by atoms with Gasteiger partial charge in [0.1, 0.15) is 6.54 Å². The van der Waals surface area contributed by atoms with Crippen LogP contribution in [0.1, 0.15) is 13.8 Å². The fourth-order valence-corrected chi connectivity index (χ4v) is 1.13. The fraction of sp³-hybridized carbons (Fsp3) is 0.455. The maximum Gasteiger partial charge on any atom is 0.322 e. The normalized spacial score (nSPS) is 10.1. The van der Waals surface area contributed by atoms with Crippen LogP contribution in [0.2, 0.25) is 0 Å². The standard InChI is InChI=1S/C11H16N4O4/c1-7(2)19-9-3-4-12-11(15-9)14-5-8(16)13-6-10(17)18/h3-4,7H,5-6H2,1-2H3,(H,13,16)(H,17,18)(H,12,14,15). The number of carboxylic acids is 1. The minimum atomic E-state index is -1.10. The van der Waals surface area contributed by atoms with Crippen molar-refractivity contribution in [3.8, 4) is 5.88 Å². The minimum absolute atomic E-state index is 0.0124. The van der Waals surface area contributed by atoms with Gasteiger partial charge in [0.05, 0.1) is 12.6 Å². The highest BCUT2D eigenvalue weighted by atomic mass is 16.5. The molecule has 0 aliphatic rings. The Labute approximate surface area is 110 Å². The van der Waals surface area contributed by atoms with Crippen molar-refractivity contribution in [2.75, 3.05) is 18.4 Å². The van der Waals surface area contributed by atoms with Crippen molar-refractivity contribution < 1.29 is 19.4 Å². The molecule has 1 heterocycles. The summed E-state index contributed by atoms with van der Waals surface area (Å²) in [5.74, 6) is -0.916. The number of anilines is 1. The van der Waals surface area contributed by atoms with Gasteiger partial charge in [-0.1, -0.05) is 0 Å². The second kappa shape index (κ2) is 7.14. The molecule has 0 aliphatic heterocycles. The van der Waals surface area contributed by atoms with Gasteiger partial charge in [0.15, 0.2) is 0 Å². The number of ether oxygens (including phenoxy) is 1. The third-order valence-electron chi connectivity index (χ3n) is 1.83. The van der Waals surface area contributed by atoms with E-state index >= 15 is 0 Å². The van der Waals surface area contributed by atoms with Gasteiger partial charge < -0.3 is 20.5 Å². The number of aromatic nitrogens is 2. The Morgan fingerprint density at radius 1 is 1.42 bits per heavy atom. The zero-order valence-electron chi connectivity index (χ0n) is 10.7. The minimum Gasteiger partial charge on any atom is -0.480 e. The van der Waals surface area contributed by atoms with Crippen LogP contribution in [0.25, 0.3) is 0 Å². The maximum atomic E-state index is 11.3. The van der Waals surface area contributed by atoms with Gasteiger partial charge in [-0.15, -0.1) is 0 Å². The molecule has 1 aromatic rings. The summed E-state index contributed by atoms with van der Waals surface area (Å²) in [7, 11) is 0. The van der Waals surface area contributed by atoms with Gasteiger partial charge in [-0.2, -0.15) is 4.98 Å². The second-order valence-corrected chi connectivity index (χ2v) is 3.91. The van der Waals surface area contributed by atoms with Crippen LogP contribution < -0.4 is 15.4 Å². The third-order valence-corrected chi connectivity index (χ3v) is 1.83. The van der Waals surface area contributed by atoms with E-state index < -0.39 is 18.4 Å². The summed E-state index contributed by atoms with van der Waals surface area (Å²) in [5.41, 5.74) is 0. The van der Waals surface area contributed by atoms with Crippen molar-refractivity contribution in [1.29, 1.82) is 0 Å². The van der Waals surface area contributed by atoms with E-state index in [1.54, 1.807) is 6.07 Å². The molecule has 0 saturated carbocycles. The number of carbonyl (C=O) groups excluding carboxylic acids is 1. The summed E-state index contributed by atoms with van der Waals surface area (Å²) < 4.78 is 5.37. The fourth-order valence-electron chi connectivity index (χ4n) is 1.13. The molecular formula is C11H16N4O4. The van der Waals surface area contributed by atoms with Gasteiger partial charge >= 0.3 is 5.97 Å². The first kappa shape index (κ1) is 14.7. The summed E-state index contributed by atoms with van der Waals surface area (Å²) >= 11 is 0. The average molecular weight is 268 g/mol. The SMILES string of the molecule is CC(C)Oc1ccnc(NCC(=O)NCC(=O)O)n1. The molecule has 0 radical (unpaired) electrons. The van der Waals surface area contributed by atoms with Gasteiger partial charge in [0.25, 0.3) is 0 Å². The molecule has 8 nitrogen and oxygen atoms in total. The zero-order valence-corrected chi connectivity index (χ0v) is 10.7. The molecule has 1 amide bonds. The molecule has 104 valence electrons. The molecule has 0 aromatic carbocycles. The maximum absolute atomic E-state index is 11.3. The van der Waals surface area contributed by atoms with Crippen LogP contribution in [-0.4, -0.2) is 46.1 Å². The lowest BCUT2D eigenvalue weighted by atomic mass is 10.5. The highest BCUT2D eigenvalue weighted by Gasteiger charge is 2.06. The molecule has 1 rings (SSSR count). The molecule has 0 spiro atoms. The molecule has 8 heteroatoms. The second-order valence-electron chi connectivity index (χ2n) is 3.91. The van der Waals surface area contributed by atoms with Crippen LogP contribution >= 0.6 is 0 Å². The van der Waals surface area contributed by atoms with Crippen LogP contribution in [0.4, 0.5) is 5.95 Å². The number of hydrogen-bond donors (Lipinski definition) is 3. The lowest BCUT2D eigenvalue weighted by Crippen LogP contribution is -2.34. The van der Waals surface area contributed by atoms with E-state index in [9.17, 15) is 9.59 Å². The Morgan fingerprint density at radius 3 is 2.79 bits per heavy atom. The molecule has 0 saturated heterocycles. The Balaban J connectivity index is 2.44. The largest absolute Gasteiger partial charge is 0.480 e. The van der Waals surface area contributed by atoms with Crippen molar-refractivity contribution >= 4 is 17.8 Å². The Hall–Kier alpha value is -2.38. The van der Waals surface area contributed by atoms with Crippen LogP contribution in [0.5, 0.6) is 5.88 Å². The molecule has 0 bridgehead atoms. The Kier molecular flexibility index (Phi) is 5.52. The number of hydrogen-bond acceptors (Lipinski definition) is 6. The molecular weight excluding hydrogens is 252 g/mol. The predicted molar refractivity (Wildman–Crippen MR) is 66.9 cm³/mol. The first-order chi connectivity index (χ1) is 8.97. The van der Waals surface area contributed by atoms with Crippen molar-refractivity contribution in [3.63, 3.8) is 0 Å². The van der Waals surface area contributed by atoms with E-state index in [4.69, 9.17) is 9.84 Å². The quantitative estimate of drug-likeness (QED) is 0.631. The monoisotopic (exact) mass is 268 g/mol. The van der Waals surface area contributed by atoms with Gasteiger partial charge in [0.2, 0.25) is 17.7 Å². The highest BCUT2D eigenvalue weighted by molar-refractivity contribution is 5.83. The lowest BCUT2D eigenvalue weighted by molar-refractivity contribution is -0.137. The van der Waals surface area contributed by atoms with E-state index in [1.165, 1.54) is 6.20 Å². The van der Waals surface area contributed by atoms with Crippen molar-refractivity contribution in [2.24, 2.45) is 0 Å². The van der Waals surface area contributed by atoms with Gasteiger partial charge in [0, 0.05) is 12.3 Å². The van der Waals surface area contributed by atoms with Crippen molar-refractivity contribution in [3.05, 3.63) is 12.3 Å². The van der Waals surface area contributed by atoms with Gasteiger partial charge in [-0.3, -0.25) is 9.59 Å². The van der Waals surface area contributed by atoms with E-state index in [-0.39, 0.29) is 18.6 Å². The summed E-state index contributed by atoms with van der Waals surface area (Å²) in [6.07, 6.45) is 1.49. The van der Waals surface area contributed by atoms with Gasteiger partial charge in [-0.25, -0.2) is 4.98 Å². The molecule has 0 fully saturated rings. The van der Waals surface area contributed by atoms with E-state index in [1.807, 2.05) is 13.8 Å². The van der Waals surface area contributed by atoms with Gasteiger partial charge in [-0.05, 0) is 13.8 Å². The van der Waals surface area contributed by atoms with E-state index in [0.29, 0.717) is 5.88 Å². The molecule has 0 atom stereocenters. The third kappa shape index (κ3) is 6.20. The molecule has 0 aliphatic carbocycles.